The minimum Gasteiger partial charge on any atom is -0.475 e. The first kappa shape index (κ1) is 11.3. The van der Waals surface area contributed by atoms with Gasteiger partial charge in [0.25, 0.3) is 12.2 Å². The summed E-state index contributed by atoms with van der Waals surface area (Å²) in [6.07, 6.45) is -2.96. The number of aromatic carboxylic acids is 1. The molecule has 1 aromatic heterocycles. The van der Waals surface area contributed by atoms with E-state index < -0.39 is 23.7 Å². The van der Waals surface area contributed by atoms with Crippen LogP contribution in [0.15, 0.2) is 34.9 Å². The normalized spacial score (nSPS) is 10.8. The highest BCUT2D eigenvalue weighted by atomic mass is 19.3. The molecule has 0 aliphatic rings. The summed E-state index contributed by atoms with van der Waals surface area (Å²) in [6.45, 7) is 0. The molecule has 0 spiro atoms. The SMILES string of the molecule is O=C(O)c1onc(-c2ccccc2)c1C(F)F. The van der Waals surface area contributed by atoms with E-state index in [1.54, 1.807) is 30.3 Å². The molecule has 0 radical (unpaired) electrons. The number of aromatic nitrogens is 1. The fourth-order valence-corrected chi connectivity index (χ4v) is 1.46. The van der Waals surface area contributed by atoms with Crippen LogP contribution in [0.5, 0.6) is 0 Å². The number of alkyl halides is 2. The van der Waals surface area contributed by atoms with Gasteiger partial charge in [-0.3, -0.25) is 0 Å². The average molecular weight is 239 g/mol. The van der Waals surface area contributed by atoms with Crippen LogP contribution in [0.25, 0.3) is 11.3 Å². The van der Waals surface area contributed by atoms with Crippen LogP contribution in [0.1, 0.15) is 22.5 Å². The van der Waals surface area contributed by atoms with Crippen molar-refractivity contribution in [1.29, 1.82) is 0 Å². The smallest absolute Gasteiger partial charge is 0.375 e. The van der Waals surface area contributed by atoms with Crippen molar-refractivity contribution >= 4 is 5.97 Å². The van der Waals surface area contributed by atoms with E-state index in [2.05, 4.69) is 9.68 Å². The van der Waals surface area contributed by atoms with Gasteiger partial charge in [0.1, 0.15) is 11.3 Å². The third-order valence-corrected chi connectivity index (χ3v) is 2.19. The summed E-state index contributed by atoms with van der Waals surface area (Å²) in [4.78, 5) is 10.7. The van der Waals surface area contributed by atoms with Gasteiger partial charge >= 0.3 is 5.97 Å². The predicted molar refractivity (Wildman–Crippen MR) is 53.9 cm³/mol. The van der Waals surface area contributed by atoms with Crippen molar-refractivity contribution in [1.82, 2.24) is 5.16 Å². The molecule has 0 amide bonds. The molecule has 1 heterocycles. The Balaban J connectivity index is 2.60. The Kier molecular flexibility index (Phi) is 2.86. The molecule has 17 heavy (non-hydrogen) atoms. The van der Waals surface area contributed by atoms with Crippen molar-refractivity contribution in [3.8, 4) is 11.3 Å². The Labute approximate surface area is 94.5 Å². The van der Waals surface area contributed by atoms with Gasteiger partial charge in [-0.2, -0.15) is 0 Å². The largest absolute Gasteiger partial charge is 0.475 e. The van der Waals surface area contributed by atoms with Crippen LogP contribution in [0, 0.1) is 0 Å². The highest BCUT2D eigenvalue weighted by molar-refractivity contribution is 5.88. The lowest BCUT2D eigenvalue weighted by Crippen LogP contribution is -2.00. The molecule has 0 atom stereocenters. The molecule has 0 saturated heterocycles. The fourth-order valence-electron chi connectivity index (χ4n) is 1.46. The number of rotatable bonds is 3. The van der Waals surface area contributed by atoms with Gasteiger partial charge in [-0.15, -0.1) is 0 Å². The number of carboxylic acids is 1. The quantitative estimate of drug-likeness (QED) is 0.894. The molecule has 0 aliphatic heterocycles. The van der Waals surface area contributed by atoms with Gasteiger partial charge in [0, 0.05) is 5.56 Å². The van der Waals surface area contributed by atoms with E-state index in [4.69, 9.17) is 5.11 Å². The van der Waals surface area contributed by atoms with Gasteiger partial charge in [0.2, 0.25) is 0 Å². The summed E-state index contributed by atoms with van der Waals surface area (Å²) >= 11 is 0. The lowest BCUT2D eigenvalue weighted by molar-refractivity contribution is 0.0636. The first-order valence-corrected chi connectivity index (χ1v) is 4.67. The minimum absolute atomic E-state index is 0.141. The number of hydrogen-bond acceptors (Lipinski definition) is 3. The third kappa shape index (κ3) is 2.01. The number of carboxylic acid groups (broad SMARTS) is 1. The summed E-state index contributed by atoms with van der Waals surface area (Å²) in [5.74, 6) is -2.38. The predicted octanol–water partition coefficient (Wildman–Crippen LogP) is 2.98. The van der Waals surface area contributed by atoms with E-state index in [0.717, 1.165) is 0 Å². The Morgan fingerprint density at radius 2 is 1.94 bits per heavy atom. The Morgan fingerprint density at radius 1 is 1.29 bits per heavy atom. The number of hydrogen-bond donors (Lipinski definition) is 1. The van der Waals surface area contributed by atoms with Crippen molar-refractivity contribution < 1.29 is 23.2 Å². The van der Waals surface area contributed by atoms with Crippen LogP contribution in [0.4, 0.5) is 8.78 Å². The van der Waals surface area contributed by atoms with Gasteiger partial charge in [-0.1, -0.05) is 35.5 Å². The van der Waals surface area contributed by atoms with Crippen molar-refractivity contribution in [2.75, 3.05) is 0 Å². The molecule has 0 unspecified atom stereocenters. The number of halogens is 2. The molecule has 0 aliphatic carbocycles. The van der Waals surface area contributed by atoms with Crippen LogP contribution in [-0.2, 0) is 0 Å². The second-order valence-corrected chi connectivity index (χ2v) is 3.25. The van der Waals surface area contributed by atoms with Gasteiger partial charge in [0.05, 0.1) is 0 Å². The fraction of sp³-hybridized carbons (Fsp3) is 0.0909. The molecule has 2 aromatic rings. The van der Waals surface area contributed by atoms with E-state index in [0.29, 0.717) is 5.56 Å². The minimum atomic E-state index is -2.96. The zero-order valence-corrected chi connectivity index (χ0v) is 8.43. The molecule has 88 valence electrons. The van der Waals surface area contributed by atoms with Gasteiger partial charge in [0.15, 0.2) is 0 Å². The second kappa shape index (κ2) is 4.32. The van der Waals surface area contributed by atoms with Crippen molar-refractivity contribution in [3.63, 3.8) is 0 Å². The molecule has 2 rings (SSSR count). The maximum Gasteiger partial charge on any atom is 0.375 e. The molecule has 6 heteroatoms. The Morgan fingerprint density at radius 3 is 2.47 bits per heavy atom. The maximum absolute atomic E-state index is 12.8. The lowest BCUT2D eigenvalue weighted by atomic mass is 10.1. The van der Waals surface area contributed by atoms with Crippen LogP contribution in [0.2, 0.25) is 0 Å². The van der Waals surface area contributed by atoms with Gasteiger partial charge in [-0.05, 0) is 0 Å². The zero-order valence-electron chi connectivity index (χ0n) is 8.43. The van der Waals surface area contributed by atoms with E-state index in [9.17, 15) is 13.6 Å². The summed E-state index contributed by atoms with van der Waals surface area (Å²) < 4.78 is 30.1. The summed E-state index contributed by atoms with van der Waals surface area (Å²) in [5.41, 5.74) is -0.444. The van der Waals surface area contributed by atoms with E-state index >= 15 is 0 Å². The van der Waals surface area contributed by atoms with E-state index in [-0.39, 0.29) is 5.69 Å². The molecular formula is C11H7F2NO3. The first-order chi connectivity index (χ1) is 8.11. The molecular weight excluding hydrogens is 232 g/mol. The van der Waals surface area contributed by atoms with Crippen LogP contribution >= 0.6 is 0 Å². The van der Waals surface area contributed by atoms with Crippen molar-refractivity contribution in [2.24, 2.45) is 0 Å². The zero-order chi connectivity index (χ0) is 12.4. The van der Waals surface area contributed by atoms with Gasteiger partial charge < -0.3 is 9.63 Å². The maximum atomic E-state index is 12.8. The number of carbonyl (C=O) groups is 1. The van der Waals surface area contributed by atoms with Crippen LogP contribution in [-0.4, -0.2) is 16.2 Å². The molecule has 0 fully saturated rings. The number of benzene rings is 1. The first-order valence-electron chi connectivity index (χ1n) is 4.67. The third-order valence-electron chi connectivity index (χ3n) is 2.19. The second-order valence-electron chi connectivity index (χ2n) is 3.25. The summed E-state index contributed by atoms with van der Waals surface area (Å²) in [6, 6.07) is 8.09. The topological polar surface area (TPSA) is 63.3 Å². The highest BCUT2D eigenvalue weighted by Crippen LogP contribution is 2.33. The van der Waals surface area contributed by atoms with E-state index in [1.165, 1.54) is 0 Å². The average Bonchev–Trinajstić information content (AvgIpc) is 2.74. The van der Waals surface area contributed by atoms with Crippen molar-refractivity contribution in [3.05, 3.63) is 41.7 Å². The molecule has 4 nitrogen and oxygen atoms in total. The molecule has 0 bridgehead atoms. The standard InChI is InChI=1S/C11H7F2NO3/c12-10(13)7-8(6-4-2-1-3-5-6)14-17-9(7)11(15)16/h1-5,10H,(H,15,16). The highest BCUT2D eigenvalue weighted by Gasteiger charge is 2.29. The van der Waals surface area contributed by atoms with Gasteiger partial charge in [-0.25, -0.2) is 13.6 Å². The molecule has 1 N–H and O–H groups in total. The monoisotopic (exact) mass is 239 g/mol. The van der Waals surface area contributed by atoms with Crippen LogP contribution in [0.3, 0.4) is 0 Å². The molecule has 1 aromatic carbocycles. The summed E-state index contributed by atoms with van der Waals surface area (Å²) in [7, 11) is 0. The van der Waals surface area contributed by atoms with Crippen LogP contribution < -0.4 is 0 Å². The lowest BCUT2D eigenvalue weighted by Gasteiger charge is -2.00. The Hall–Kier alpha value is -2.24. The summed E-state index contributed by atoms with van der Waals surface area (Å²) in [5, 5.41) is 12.1. The number of nitrogens with zero attached hydrogens (tertiary/aromatic N) is 1. The molecule has 0 saturated carbocycles. The Bertz CT molecular complexity index is 537. The van der Waals surface area contributed by atoms with E-state index in [1.807, 2.05) is 0 Å². The van der Waals surface area contributed by atoms with Crippen molar-refractivity contribution in [2.45, 2.75) is 6.43 Å².